The Balaban J connectivity index is 2.20. The molecule has 6 heteroatoms. The highest BCUT2D eigenvalue weighted by Crippen LogP contribution is 2.50. The molecule has 1 aliphatic rings. The van der Waals surface area contributed by atoms with Gasteiger partial charge in [-0.15, -0.1) is 0 Å². The first-order valence-electron chi connectivity index (χ1n) is 4.97. The first-order chi connectivity index (χ1) is 7.62. The van der Waals surface area contributed by atoms with Gasteiger partial charge in [-0.3, -0.25) is 0 Å². The topological polar surface area (TPSA) is 26.0 Å². The first-order valence-corrected chi connectivity index (χ1v) is 4.97. The standard InChI is InChI=1S/C11H10F5N/c12-10(13)5-9(17,6-10)7-1-3-8(4-2-7)11(14,15)16/h1-4H,5-6,17H2. The summed E-state index contributed by atoms with van der Waals surface area (Å²) in [5.41, 5.74) is 4.00. The smallest absolute Gasteiger partial charge is 0.321 e. The summed E-state index contributed by atoms with van der Waals surface area (Å²) in [5.74, 6) is -2.81. The maximum absolute atomic E-state index is 12.7. The molecular weight excluding hydrogens is 241 g/mol. The Bertz CT molecular complexity index is 412. The SMILES string of the molecule is NC1(c2ccc(C(F)(F)F)cc2)CC(F)(F)C1. The van der Waals surface area contributed by atoms with Gasteiger partial charge in [0.2, 0.25) is 0 Å². The van der Waals surface area contributed by atoms with Crippen LogP contribution < -0.4 is 5.73 Å². The van der Waals surface area contributed by atoms with E-state index in [0.717, 1.165) is 24.3 Å². The van der Waals surface area contributed by atoms with Gasteiger partial charge in [-0.1, -0.05) is 12.1 Å². The lowest BCUT2D eigenvalue weighted by Gasteiger charge is -2.44. The lowest BCUT2D eigenvalue weighted by molar-refractivity contribution is -0.138. The number of nitrogens with two attached hydrogens (primary N) is 1. The predicted octanol–water partition coefficient (Wildman–Crippen LogP) is 3.29. The molecule has 1 aromatic carbocycles. The van der Waals surface area contributed by atoms with Crippen LogP contribution in [0.1, 0.15) is 24.0 Å². The van der Waals surface area contributed by atoms with Crippen molar-refractivity contribution in [1.82, 2.24) is 0 Å². The van der Waals surface area contributed by atoms with Crippen LogP contribution in [0.3, 0.4) is 0 Å². The molecule has 0 radical (unpaired) electrons. The minimum absolute atomic E-state index is 0.316. The third-order valence-corrected chi connectivity index (χ3v) is 2.94. The van der Waals surface area contributed by atoms with Crippen LogP contribution in [0.5, 0.6) is 0 Å². The number of rotatable bonds is 1. The molecule has 2 N–H and O–H groups in total. The third-order valence-electron chi connectivity index (χ3n) is 2.94. The molecule has 1 aliphatic carbocycles. The van der Waals surface area contributed by atoms with Crippen LogP contribution in [0.15, 0.2) is 24.3 Å². The van der Waals surface area contributed by atoms with Crippen molar-refractivity contribution in [2.75, 3.05) is 0 Å². The molecule has 0 saturated heterocycles. The zero-order valence-electron chi connectivity index (χ0n) is 8.69. The van der Waals surface area contributed by atoms with Gasteiger partial charge in [-0.25, -0.2) is 8.78 Å². The van der Waals surface area contributed by atoms with E-state index in [2.05, 4.69) is 0 Å². The summed E-state index contributed by atoms with van der Waals surface area (Å²) < 4.78 is 62.3. The summed E-state index contributed by atoms with van der Waals surface area (Å²) in [4.78, 5) is 0. The van der Waals surface area contributed by atoms with E-state index < -0.39 is 36.0 Å². The average molecular weight is 251 g/mol. The quantitative estimate of drug-likeness (QED) is 0.761. The van der Waals surface area contributed by atoms with E-state index in [9.17, 15) is 22.0 Å². The molecule has 0 atom stereocenters. The predicted molar refractivity (Wildman–Crippen MR) is 51.5 cm³/mol. The first kappa shape index (κ1) is 12.3. The van der Waals surface area contributed by atoms with Gasteiger partial charge >= 0.3 is 6.18 Å². The molecule has 0 amide bonds. The maximum atomic E-state index is 12.7. The highest BCUT2D eigenvalue weighted by molar-refractivity contribution is 5.32. The van der Waals surface area contributed by atoms with Crippen molar-refractivity contribution >= 4 is 0 Å². The van der Waals surface area contributed by atoms with Crippen LogP contribution >= 0.6 is 0 Å². The Kier molecular flexibility index (Phi) is 2.47. The molecule has 0 spiro atoms. The number of hydrogen-bond donors (Lipinski definition) is 1. The Morgan fingerprint density at radius 1 is 1.00 bits per heavy atom. The molecule has 1 nitrogen and oxygen atoms in total. The Labute approximate surface area is 94.4 Å². The van der Waals surface area contributed by atoms with Crippen LogP contribution in [0.4, 0.5) is 22.0 Å². The van der Waals surface area contributed by atoms with Gasteiger partial charge in [0, 0.05) is 12.8 Å². The van der Waals surface area contributed by atoms with E-state index >= 15 is 0 Å². The zero-order valence-corrected chi connectivity index (χ0v) is 8.69. The van der Waals surface area contributed by atoms with E-state index in [1.165, 1.54) is 0 Å². The average Bonchev–Trinajstić information content (AvgIpc) is 2.13. The molecule has 0 heterocycles. The van der Waals surface area contributed by atoms with Crippen molar-refractivity contribution in [1.29, 1.82) is 0 Å². The van der Waals surface area contributed by atoms with Crippen molar-refractivity contribution < 1.29 is 22.0 Å². The fourth-order valence-electron chi connectivity index (χ4n) is 2.07. The Morgan fingerprint density at radius 2 is 1.47 bits per heavy atom. The molecule has 0 aromatic heterocycles. The lowest BCUT2D eigenvalue weighted by Crippen LogP contribution is -2.55. The monoisotopic (exact) mass is 251 g/mol. The van der Waals surface area contributed by atoms with Gasteiger partial charge in [0.1, 0.15) is 0 Å². The zero-order chi connectivity index (χ0) is 12.9. The van der Waals surface area contributed by atoms with Crippen molar-refractivity contribution in [2.24, 2.45) is 5.73 Å². The molecule has 0 unspecified atom stereocenters. The molecular formula is C11H10F5N. The van der Waals surface area contributed by atoms with Crippen LogP contribution in [-0.4, -0.2) is 5.92 Å². The number of halogens is 5. The fourth-order valence-corrected chi connectivity index (χ4v) is 2.07. The molecule has 1 saturated carbocycles. The van der Waals surface area contributed by atoms with Crippen LogP contribution in [0.25, 0.3) is 0 Å². The number of alkyl halides is 5. The molecule has 94 valence electrons. The van der Waals surface area contributed by atoms with E-state index in [4.69, 9.17) is 5.73 Å². The second kappa shape index (κ2) is 3.41. The Morgan fingerprint density at radius 3 is 1.82 bits per heavy atom. The lowest BCUT2D eigenvalue weighted by atomic mass is 9.70. The number of hydrogen-bond acceptors (Lipinski definition) is 1. The van der Waals surface area contributed by atoms with Crippen molar-refractivity contribution in [3.8, 4) is 0 Å². The van der Waals surface area contributed by atoms with Gasteiger partial charge in [0.25, 0.3) is 5.92 Å². The summed E-state index contributed by atoms with van der Waals surface area (Å²) in [6, 6.07) is 4.05. The third kappa shape index (κ3) is 2.26. The minimum Gasteiger partial charge on any atom is -0.321 e. The van der Waals surface area contributed by atoms with Gasteiger partial charge in [-0.05, 0) is 17.7 Å². The largest absolute Gasteiger partial charge is 0.416 e. The summed E-state index contributed by atoms with van der Waals surface area (Å²) in [6.07, 6.45) is -5.47. The summed E-state index contributed by atoms with van der Waals surface area (Å²) in [5, 5.41) is 0. The molecule has 1 aromatic rings. The second-order valence-corrected chi connectivity index (χ2v) is 4.44. The van der Waals surface area contributed by atoms with Crippen LogP contribution in [0.2, 0.25) is 0 Å². The van der Waals surface area contributed by atoms with Gasteiger partial charge < -0.3 is 5.73 Å². The maximum Gasteiger partial charge on any atom is 0.416 e. The van der Waals surface area contributed by atoms with E-state index in [1.54, 1.807) is 0 Å². The summed E-state index contributed by atoms with van der Waals surface area (Å²) in [6.45, 7) is 0. The van der Waals surface area contributed by atoms with Crippen molar-refractivity contribution in [3.63, 3.8) is 0 Å². The van der Waals surface area contributed by atoms with Gasteiger partial charge in [-0.2, -0.15) is 13.2 Å². The van der Waals surface area contributed by atoms with Crippen LogP contribution in [-0.2, 0) is 11.7 Å². The van der Waals surface area contributed by atoms with E-state index in [1.807, 2.05) is 0 Å². The summed E-state index contributed by atoms with van der Waals surface area (Å²) in [7, 11) is 0. The summed E-state index contributed by atoms with van der Waals surface area (Å²) >= 11 is 0. The highest BCUT2D eigenvalue weighted by atomic mass is 19.4. The Hall–Kier alpha value is -1.17. The van der Waals surface area contributed by atoms with Crippen molar-refractivity contribution in [3.05, 3.63) is 35.4 Å². The molecule has 1 fully saturated rings. The minimum atomic E-state index is -4.43. The van der Waals surface area contributed by atoms with Crippen LogP contribution in [0, 0.1) is 0 Å². The van der Waals surface area contributed by atoms with E-state index in [-0.39, 0.29) is 0 Å². The normalized spacial score (nSPS) is 22.0. The molecule has 17 heavy (non-hydrogen) atoms. The molecule has 0 bridgehead atoms. The van der Waals surface area contributed by atoms with Crippen molar-refractivity contribution in [2.45, 2.75) is 30.5 Å². The van der Waals surface area contributed by atoms with E-state index in [0.29, 0.717) is 5.56 Å². The molecule has 2 rings (SSSR count). The fraction of sp³-hybridized carbons (Fsp3) is 0.455. The van der Waals surface area contributed by atoms with Gasteiger partial charge in [0.05, 0.1) is 11.1 Å². The van der Waals surface area contributed by atoms with Gasteiger partial charge in [0.15, 0.2) is 0 Å². The second-order valence-electron chi connectivity index (χ2n) is 4.44. The number of benzene rings is 1. The highest BCUT2D eigenvalue weighted by Gasteiger charge is 2.55. The molecule has 0 aliphatic heterocycles.